The van der Waals surface area contributed by atoms with Gasteiger partial charge in [-0.1, -0.05) is 0 Å². The van der Waals surface area contributed by atoms with Crippen LogP contribution in [-0.4, -0.2) is 92.4 Å². The molecule has 2 fully saturated rings. The fourth-order valence-corrected chi connectivity index (χ4v) is 4.67. The van der Waals surface area contributed by atoms with Crippen molar-refractivity contribution >= 4 is 5.91 Å². The van der Waals surface area contributed by atoms with E-state index in [-0.39, 0.29) is 11.8 Å². The first-order valence-corrected chi connectivity index (χ1v) is 11.5. The van der Waals surface area contributed by atoms with E-state index in [1.54, 1.807) is 12.1 Å². The maximum atomic E-state index is 12.8. The highest BCUT2D eigenvalue weighted by Crippen LogP contribution is 2.24. The highest BCUT2D eigenvalue weighted by molar-refractivity contribution is 5.96. The summed E-state index contributed by atoms with van der Waals surface area (Å²) in [7, 11) is 3.05. The lowest BCUT2D eigenvalue weighted by atomic mass is 9.97. The van der Waals surface area contributed by atoms with Gasteiger partial charge in [-0.15, -0.1) is 0 Å². The van der Waals surface area contributed by atoms with Gasteiger partial charge in [0, 0.05) is 50.5 Å². The molecule has 2 aliphatic heterocycles. The van der Waals surface area contributed by atoms with Gasteiger partial charge in [0.2, 0.25) is 11.8 Å². The summed E-state index contributed by atoms with van der Waals surface area (Å²) in [6.07, 6.45) is 4.49. The van der Waals surface area contributed by atoms with Gasteiger partial charge in [0.25, 0.3) is 5.91 Å². The third kappa shape index (κ3) is 6.30. The first kappa shape index (κ1) is 23.8. The summed E-state index contributed by atoms with van der Waals surface area (Å²) in [4.78, 5) is 22.2. The largest absolute Gasteiger partial charge is 0.481 e. The zero-order valence-corrected chi connectivity index (χ0v) is 19.4. The summed E-state index contributed by atoms with van der Waals surface area (Å²) in [5.74, 6) is 0.527. The number of methoxy groups -OCH3 is 2. The van der Waals surface area contributed by atoms with Crippen molar-refractivity contribution in [1.82, 2.24) is 20.1 Å². The van der Waals surface area contributed by atoms with Gasteiger partial charge in [-0.3, -0.25) is 9.69 Å². The first-order valence-electron chi connectivity index (χ1n) is 11.5. The topological polar surface area (TPSA) is 76.2 Å². The molecule has 0 unspecified atom stereocenters. The molecule has 31 heavy (non-hydrogen) atoms. The van der Waals surface area contributed by atoms with Crippen molar-refractivity contribution in [2.24, 2.45) is 0 Å². The molecule has 1 aromatic heterocycles. The van der Waals surface area contributed by atoms with E-state index in [2.05, 4.69) is 33.9 Å². The fraction of sp³-hybridized carbons (Fsp3) is 0.739. The molecule has 8 heteroatoms. The van der Waals surface area contributed by atoms with E-state index in [1.807, 2.05) is 0 Å². The molecule has 0 saturated carbocycles. The Labute approximate surface area is 186 Å². The Bertz CT molecular complexity index is 701. The molecule has 1 aromatic rings. The number of nitrogens with one attached hydrogen (secondary N) is 1. The molecule has 174 valence electrons. The lowest BCUT2D eigenvalue weighted by molar-refractivity contribution is 0.0000191. The normalized spacial score (nSPS) is 19.0. The summed E-state index contributed by atoms with van der Waals surface area (Å²) >= 11 is 0. The number of likely N-dealkylation sites (tertiary alicyclic amines) is 1. The molecule has 8 nitrogen and oxygen atoms in total. The Morgan fingerprint density at radius 2 is 1.84 bits per heavy atom. The van der Waals surface area contributed by atoms with Crippen molar-refractivity contribution in [3.63, 3.8) is 0 Å². The molecule has 2 saturated heterocycles. The predicted molar refractivity (Wildman–Crippen MR) is 120 cm³/mol. The Balaban J connectivity index is 1.59. The molecular formula is C23H38N4O4. The molecule has 0 spiro atoms. The Kier molecular flexibility index (Phi) is 8.92. The molecule has 1 N–H and O–H groups in total. The second-order valence-electron chi connectivity index (χ2n) is 8.61. The Hall–Kier alpha value is -1.90. The highest BCUT2D eigenvalue weighted by Gasteiger charge is 2.31. The third-order valence-corrected chi connectivity index (χ3v) is 6.50. The fourth-order valence-electron chi connectivity index (χ4n) is 4.67. The Morgan fingerprint density at radius 1 is 1.16 bits per heavy atom. The molecule has 0 atom stereocenters. The monoisotopic (exact) mass is 434 g/mol. The number of nitrogens with zero attached hydrogens (tertiary/aromatic N) is 3. The summed E-state index contributed by atoms with van der Waals surface area (Å²) in [5.41, 5.74) is 0.422. The average molecular weight is 435 g/mol. The number of rotatable bonds is 9. The van der Waals surface area contributed by atoms with Crippen molar-refractivity contribution in [2.45, 2.75) is 57.7 Å². The second-order valence-corrected chi connectivity index (χ2v) is 8.61. The molecule has 0 bridgehead atoms. The van der Waals surface area contributed by atoms with Gasteiger partial charge in [0.15, 0.2) is 0 Å². The van der Waals surface area contributed by atoms with Crippen LogP contribution in [-0.2, 0) is 4.74 Å². The maximum Gasteiger partial charge on any atom is 0.256 e. The summed E-state index contributed by atoms with van der Waals surface area (Å²) < 4.78 is 16.0. The van der Waals surface area contributed by atoms with Crippen LogP contribution in [0, 0.1) is 0 Å². The van der Waals surface area contributed by atoms with Crippen LogP contribution in [0.1, 0.15) is 49.9 Å². The SMILES string of the molecule is COc1ccc(C(=O)NCCN(C2CCOCC2)C2CCN(C(C)C)CC2)c(OC)n1. The van der Waals surface area contributed by atoms with E-state index >= 15 is 0 Å². The molecule has 2 aliphatic rings. The van der Waals surface area contributed by atoms with E-state index in [0.717, 1.165) is 45.7 Å². The minimum Gasteiger partial charge on any atom is -0.481 e. The van der Waals surface area contributed by atoms with Gasteiger partial charge >= 0.3 is 0 Å². The molecule has 0 aromatic carbocycles. The quantitative estimate of drug-likeness (QED) is 0.638. The van der Waals surface area contributed by atoms with Gasteiger partial charge in [-0.2, -0.15) is 4.98 Å². The van der Waals surface area contributed by atoms with Crippen molar-refractivity contribution in [2.75, 3.05) is 53.6 Å². The zero-order valence-electron chi connectivity index (χ0n) is 19.4. The Morgan fingerprint density at radius 3 is 2.45 bits per heavy atom. The number of piperidine rings is 1. The molecule has 0 radical (unpaired) electrons. The number of amides is 1. The van der Waals surface area contributed by atoms with E-state index in [4.69, 9.17) is 14.2 Å². The van der Waals surface area contributed by atoms with Crippen molar-refractivity contribution in [3.05, 3.63) is 17.7 Å². The summed E-state index contributed by atoms with van der Waals surface area (Å²) in [5, 5.41) is 3.06. The minimum absolute atomic E-state index is 0.173. The standard InChI is InChI=1S/C23H38N4O4/c1-17(2)26-12-7-18(8-13-26)27(19-9-15-31-16-10-19)14-11-24-22(28)20-5-6-21(29-3)25-23(20)30-4/h5-6,17-19H,7-16H2,1-4H3,(H,24,28). The number of aromatic nitrogens is 1. The summed E-state index contributed by atoms with van der Waals surface area (Å²) in [6.45, 7) is 9.92. The minimum atomic E-state index is -0.173. The number of ether oxygens (including phenoxy) is 3. The van der Waals surface area contributed by atoms with Crippen LogP contribution in [0.25, 0.3) is 0 Å². The van der Waals surface area contributed by atoms with Gasteiger partial charge < -0.3 is 24.4 Å². The highest BCUT2D eigenvalue weighted by atomic mass is 16.5. The lowest BCUT2D eigenvalue weighted by Crippen LogP contribution is -2.53. The van der Waals surface area contributed by atoms with Gasteiger partial charge in [-0.25, -0.2) is 0 Å². The number of hydrogen-bond acceptors (Lipinski definition) is 7. The lowest BCUT2D eigenvalue weighted by Gasteiger charge is -2.44. The third-order valence-electron chi connectivity index (χ3n) is 6.50. The van der Waals surface area contributed by atoms with E-state index in [1.165, 1.54) is 27.1 Å². The molecule has 3 rings (SSSR count). The summed E-state index contributed by atoms with van der Waals surface area (Å²) in [6, 6.07) is 5.06. The molecular weight excluding hydrogens is 396 g/mol. The van der Waals surface area contributed by atoms with Crippen LogP contribution >= 0.6 is 0 Å². The maximum absolute atomic E-state index is 12.8. The molecule has 3 heterocycles. The van der Waals surface area contributed by atoms with Crippen molar-refractivity contribution < 1.29 is 19.0 Å². The van der Waals surface area contributed by atoms with Crippen molar-refractivity contribution in [1.29, 1.82) is 0 Å². The van der Waals surface area contributed by atoms with Crippen molar-refractivity contribution in [3.8, 4) is 11.8 Å². The van der Waals surface area contributed by atoms with Gasteiger partial charge in [-0.05, 0) is 58.7 Å². The first-order chi connectivity index (χ1) is 15.0. The molecule has 0 aliphatic carbocycles. The van der Waals surface area contributed by atoms with Crippen LogP contribution < -0.4 is 14.8 Å². The van der Waals surface area contributed by atoms with Gasteiger partial charge in [0.1, 0.15) is 5.56 Å². The number of hydrogen-bond donors (Lipinski definition) is 1. The average Bonchev–Trinajstić information content (AvgIpc) is 2.81. The smallest absolute Gasteiger partial charge is 0.256 e. The van der Waals surface area contributed by atoms with Crippen LogP contribution in [0.4, 0.5) is 0 Å². The zero-order chi connectivity index (χ0) is 22.2. The predicted octanol–water partition coefficient (Wildman–Crippen LogP) is 2.18. The number of carbonyl (C=O) groups excluding carboxylic acids is 1. The number of carbonyl (C=O) groups is 1. The van der Waals surface area contributed by atoms with E-state index in [0.29, 0.717) is 36.1 Å². The van der Waals surface area contributed by atoms with Crippen LogP contribution in [0.2, 0.25) is 0 Å². The molecule has 1 amide bonds. The van der Waals surface area contributed by atoms with Crippen LogP contribution in [0.5, 0.6) is 11.8 Å². The van der Waals surface area contributed by atoms with Gasteiger partial charge in [0.05, 0.1) is 14.2 Å². The second kappa shape index (κ2) is 11.6. The van der Waals surface area contributed by atoms with E-state index in [9.17, 15) is 4.79 Å². The van der Waals surface area contributed by atoms with Crippen LogP contribution in [0.15, 0.2) is 12.1 Å². The van der Waals surface area contributed by atoms with E-state index < -0.39 is 0 Å². The van der Waals surface area contributed by atoms with Crippen LogP contribution in [0.3, 0.4) is 0 Å². The number of pyridine rings is 1.